The molecule has 1 saturated heterocycles. The molecule has 84 valence electrons. The van der Waals surface area contributed by atoms with Crippen molar-refractivity contribution in [2.45, 2.75) is 12.2 Å². The Bertz CT molecular complexity index is 330. The van der Waals surface area contributed by atoms with Gasteiger partial charge in [-0.2, -0.15) is 13.2 Å². The van der Waals surface area contributed by atoms with E-state index in [1.165, 1.54) is 6.20 Å². The zero-order valence-corrected chi connectivity index (χ0v) is 7.77. The van der Waals surface area contributed by atoms with Gasteiger partial charge in [0.25, 0.3) is 0 Å². The van der Waals surface area contributed by atoms with Gasteiger partial charge in [-0.15, -0.1) is 0 Å². The number of ether oxygens (including phenoxy) is 1. The van der Waals surface area contributed by atoms with E-state index in [2.05, 4.69) is 15.3 Å². The van der Waals surface area contributed by atoms with Crippen molar-refractivity contribution in [3.8, 4) is 0 Å². The summed E-state index contributed by atoms with van der Waals surface area (Å²) < 4.78 is 41.8. The van der Waals surface area contributed by atoms with Gasteiger partial charge in [-0.1, -0.05) is 0 Å². The Morgan fingerprint density at radius 3 is 2.80 bits per heavy atom. The molecular weight excluding hydrogens is 211 g/mol. The molecule has 1 aromatic heterocycles. The van der Waals surface area contributed by atoms with E-state index in [0.29, 0.717) is 25.5 Å². The highest BCUT2D eigenvalue weighted by Gasteiger charge is 2.35. The molecule has 15 heavy (non-hydrogen) atoms. The van der Waals surface area contributed by atoms with Crippen LogP contribution in [0.25, 0.3) is 0 Å². The number of H-pyrrole nitrogens is 1. The van der Waals surface area contributed by atoms with Crippen LogP contribution in [0, 0.1) is 0 Å². The van der Waals surface area contributed by atoms with Gasteiger partial charge in [0.2, 0.25) is 5.82 Å². The minimum absolute atomic E-state index is 0.234. The molecule has 0 radical (unpaired) electrons. The standard InChI is InChI=1S/C8H10F3N3O/c9-8(10,11)7-13-3-5(14-7)6-4-15-2-1-12-6/h3,6,12H,1-2,4H2,(H,13,14). The normalized spacial score (nSPS) is 23.0. The fourth-order valence-corrected chi connectivity index (χ4v) is 1.42. The number of nitrogens with one attached hydrogen (secondary N) is 2. The molecule has 2 rings (SSSR count). The van der Waals surface area contributed by atoms with Crippen LogP contribution in [-0.2, 0) is 10.9 Å². The van der Waals surface area contributed by atoms with Crippen LogP contribution >= 0.6 is 0 Å². The largest absolute Gasteiger partial charge is 0.449 e. The first kappa shape index (κ1) is 10.4. The van der Waals surface area contributed by atoms with Crippen LogP contribution in [0.2, 0.25) is 0 Å². The molecule has 0 bridgehead atoms. The number of aromatic amines is 1. The minimum atomic E-state index is -4.42. The third-order valence-corrected chi connectivity index (χ3v) is 2.16. The monoisotopic (exact) mass is 221 g/mol. The van der Waals surface area contributed by atoms with Crippen LogP contribution in [0.1, 0.15) is 17.6 Å². The number of halogens is 3. The van der Waals surface area contributed by atoms with Gasteiger partial charge in [0.15, 0.2) is 0 Å². The molecule has 7 heteroatoms. The zero-order valence-electron chi connectivity index (χ0n) is 7.77. The topological polar surface area (TPSA) is 49.9 Å². The maximum atomic E-state index is 12.2. The summed E-state index contributed by atoms with van der Waals surface area (Å²) in [6.45, 7) is 1.57. The summed E-state index contributed by atoms with van der Waals surface area (Å²) in [5.74, 6) is -0.968. The number of rotatable bonds is 1. The molecule has 0 saturated carbocycles. The Morgan fingerprint density at radius 1 is 1.47 bits per heavy atom. The lowest BCUT2D eigenvalue weighted by molar-refractivity contribution is -0.144. The van der Waals surface area contributed by atoms with Crippen LogP contribution in [-0.4, -0.2) is 29.7 Å². The Hall–Kier alpha value is -1.08. The van der Waals surface area contributed by atoms with Gasteiger partial charge in [-0.05, 0) is 0 Å². The Kier molecular flexibility index (Phi) is 2.66. The van der Waals surface area contributed by atoms with Gasteiger partial charge in [0, 0.05) is 6.54 Å². The molecule has 1 fully saturated rings. The second kappa shape index (κ2) is 3.82. The smallest absolute Gasteiger partial charge is 0.378 e. The lowest BCUT2D eigenvalue weighted by Gasteiger charge is -2.22. The number of morpholine rings is 1. The molecule has 1 atom stereocenters. The van der Waals surface area contributed by atoms with Crippen LogP contribution in [0.4, 0.5) is 13.2 Å². The molecule has 4 nitrogen and oxygen atoms in total. The van der Waals surface area contributed by atoms with E-state index < -0.39 is 12.0 Å². The highest BCUT2D eigenvalue weighted by atomic mass is 19.4. The first-order chi connectivity index (χ1) is 7.07. The fraction of sp³-hybridized carbons (Fsp3) is 0.625. The van der Waals surface area contributed by atoms with Crippen molar-refractivity contribution >= 4 is 0 Å². The van der Waals surface area contributed by atoms with Crippen molar-refractivity contribution in [3.63, 3.8) is 0 Å². The molecule has 2 N–H and O–H groups in total. The summed E-state index contributed by atoms with van der Waals surface area (Å²) in [7, 11) is 0. The molecule has 2 heterocycles. The highest BCUT2D eigenvalue weighted by molar-refractivity contribution is 5.09. The molecule has 1 unspecified atom stereocenters. The maximum absolute atomic E-state index is 12.2. The van der Waals surface area contributed by atoms with Crippen LogP contribution < -0.4 is 5.32 Å². The first-order valence-corrected chi connectivity index (χ1v) is 4.50. The Morgan fingerprint density at radius 2 is 2.27 bits per heavy atom. The van der Waals surface area contributed by atoms with E-state index in [1.54, 1.807) is 0 Å². The van der Waals surface area contributed by atoms with Gasteiger partial charge >= 0.3 is 6.18 Å². The van der Waals surface area contributed by atoms with E-state index in [4.69, 9.17) is 4.74 Å². The predicted molar refractivity (Wildman–Crippen MR) is 45.2 cm³/mol. The van der Waals surface area contributed by atoms with Gasteiger partial charge < -0.3 is 15.0 Å². The fourth-order valence-electron chi connectivity index (χ4n) is 1.42. The third-order valence-electron chi connectivity index (χ3n) is 2.16. The average Bonchev–Trinajstić information content (AvgIpc) is 2.67. The molecular formula is C8H10F3N3O. The van der Waals surface area contributed by atoms with E-state index in [9.17, 15) is 13.2 Å². The van der Waals surface area contributed by atoms with E-state index >= 15 is 0 Å². The summed E-state index contributed by atoms with van der Waals surface area (Å²) in [4.78, 5) is 5.53. The Balaban J connectivity index is 2.12. The van der Waals surface area contributed by atoms with Gasteiger partial charge in [0.05, 0.1) is 31.1 Å². The zero-order chi connectivity index (χ0) is 10.9. The summed E-state index contributed by atoms with van der Waals surface area (Å²) in [6.07, 6.45) is -3.23. The lowest BCUT2D eigenvalue weighted by atomic mass is 10.2. The molecule has 1 aliphatic heterocycles. The van der Waals surface area contributed by atoms with Gasteiger partial charge in [0.1, 0.15) is 0 Å². The van der Waals surface area contributed by atoms with Crippen molar-refractivity contribution in [1.82, 2.24) is 15.3 Å². The number of hydrogen-bond acceptors (Lipinski definition) is 3. The quantitative estimate of drug-likeness (QED) is 0.746. The molecule has 1 aliphatic rings. The van der Waals surface area contributed by atoms with Crippen LogP contribution in [0.15, 0.2) is 6.20 Å². The van der Waals surface area contributed by atoms with Crippen molar-refractivity contribution in [1.29, 1.82) is 0 Å². The highest BCUT2D eigenvalue weighted by Crippen LogP contribution is 2.27. The summed E-state index contributed by atoms with van der Waals surface area (Å²) in [6, 6.07) is -0.234. The maximum Gasteiger partial charge on any atom is 0.449 e. The predicted octanol–water partition coefficient (Wildman–Crippen LogP) is 1.09. The molecule has 0 amide bonds. The van der Waals surface area contributed by atoms with Crippen molar-refractivity contribution < 1.29 is 17.9 Å². The van der Waals surface area contributed by atoms with Crippen LogP contribution in [0.3, 0.4) is 0 Å². The SMILES string of the molecule is FC(F)(F)c1ncc(C2COCCN2)[nH]1. The van der Waals surface area contributed by atoms with Crippen LogP contribution in [0.5, 0.6) is 0 Å². The lowest BCUT2D eigenvalue weighted by Crippen LogP contribution is -2.34. The number of hydrogen-bond donors (Lipinski definition) is 2. The van der Waals surface area contributed by atoms with E-state index in [-0.39, 0.29) is 6.04 Å². The molecule has 0 aliphatic carbocycles. The molecule has 0 spiro atoms. The van der Waals surface area contributed by atoms with Crippen molar-refractivity contribution in [2.75, 3.05) is 19.8 Å². The summed E-state index contributed by atoms with van der Waals surface area (Å²) >= 11 is 0. The van der Waals surface area contributed by atoms with E-state index in [0.717, 1.165) is 0 Å². The van der Waals surface area contributed by atoms with Gasteiger partial charge in [-0.3, -0.25) is 0 Å². The average molecular weight is 221 g/mol. The summed E-state index contributed by atoms with van der Waals surface area (Å²) in [5, 5.41) is 3.04. The summed E-state index contributed by atoms with van der Waals surface area (Å²) in [5.41, 5.74) is 0.405. The second-order valence-electron chi connectivity index (χ2n) is 3.27. The third kappa shape index (κ3) is 2.29. The first-order valence-electron chi connectivity index (χ1n) is 4.50. The van der Waals surface area contributed by atoms with Crippen molar-refractivity contribution in [2.24, 2.45) is 0 Å². The van der Waals surface area contributed by atoms with E-state index in [1.807, 2.05) is 0 Å². The minimum Gasteiger partial charge on any atom is -0.378 e. The number of alkyl halides is 3. The Labute approximate surface area is 83.8 Å². The number of aromatic nitrogens is 2. The van der Waals surface area contributed by atoms with Gasteiger partial charge in [-0.25, -0.2) is 4.98 Å². The number of nitrogens with zero attached hydrogens (tertiary/aromatic N) is 1. The second-order valence-corrected chi connectivity index (χ2v) is 3.27. The molecule has 0 aromatic carbocycles. The number of imidazole rings is 1. The van der Waals surface area contributed by atoms with Crippen molar-refractivity contribution in [3.05, 3.63) is 17.7 Å². The molecule has 1 aromatic rings.